The van der Waals surface area contributed by atoms with Gasteiger partial charge in [0.2, 0.25) is 11.7 Å². The molecule has 1 aliphatic heterocycles. The molecule has 0 bridgehead atoms. The molecule has 1 saturated carbocycles. The Morgan fingerprint density at radius 1 is 1.17 bits per heavy atom. The number of rotatable bonds is 8. The van der Waals surface area contributed by atoms with Gasteiger partial charge in [-0.1, -0.05) is 11.2 Å². The molecule has 1 aromatic heterocycles. The summed E-state index contributed by atoms with van der Waals surface area (Å²) < 4.78 is 25.8. The monoisotopic (exact) mass is 478 g/mol. The summed E-state index contributed by atoms with van der Waals surface area (Å²) in [5.74, 6) is -0.540. The normalized spacial score (nSPS) is 18.1. The smallest absolute Gasteiger partial charge is 0.267 e. The third-order valence-electron chi connectivity index (χ3n) is 6.02. The van der Waals surface area contributed by atoms with Gasteiger partial charge in [-0.3, -0.25) is 14.4 Å². The molecule has 10 heteroatoms. The molecule has 2 fully saturated rings. The van der Waals surface area contributed by atoms with Crippen LogP contribution in [-0.2, 0) is 4.79 Å². The highest BCUT2D eigenvalue weighted by Gasteiger charge is 2.30. The molecule has 3 aromatic rings. The zero-order valence-corrected chi connectivity index (χ0v) is 18.9. The third kappa shape index (κ3) is 4.91. The molecular weight excluding hydrogens is 455 g/mol. The average molecular weight is 478 g/mol. The molecule has 0 radical (unpaired) electrons. The molecule has 9 nitrogen and oxygen atoms in total. The number of nitrogens with zero attached hydrogens (tertiary/aromatic N) is 2. The van der Waals surface area contributed by atoms with Gasteiger partial charge in [0, 0.05) is 23.6 Å². The van der Waals surface area contributed by atoms with Crippen molar-refractivity contribution in [3.63, 3.8) is 0 Å². The minimum absolute atomic E-state index is 0.141. The van der Waals surface area contributed by atoms with Crippen LogP contribution in [0.2, 0.25) is 0 Å². The van der Waals surface area contributed by atoms with Crippen LogP contribution in [0.25, 0.3) is 11.4 Å². The maximum atomic E-state index is 14.7. The van der Waals surface area contributed by atoms with Crippen LogP contribution in [0.1, 0.15) is 58.9 Å². The first-order chi connectivity index (χ1) is 16.9. The van der Waals surface area contributed by atoms with Crippen molar-refractivity contribution in [3.8, 4) is 17.1 Å². The first-order valence-electron chi connectivity index (χ1n) is 11.4. The zero-order chi connectivity index (χ0) is 24.5. The highest BCUT2D eigenvalue weighted by Crippen LogP contribution is 2.33. The second-order valence-corrected chi connectivity index (χ2v) is 8.68. The molecule has 5 rings (SSSR count). The average Bonchev–Trinajstić information content (AvgIpc) is 3.44. The summed E-state index contributed by atoms with van der Waals surface area (Å²) in [4.78, 5) is 40.4. The van der Waals surface area contributed by atoms with E-state index >= 15 is 0 Å². The highest BCUT2D eigenvalue weighted by molar-refractivity contribution is 5.99. The van der Waals surface area contributed by atoms with Gasteiger partial charge in [0.15, 0.2) is 11.9 Å². The van der Waals surface area contributed by atoms with Crippen molar-refractivity contribution in [2.45, 2.75) is 38.3 Å². The number of nitrogens with one attached hydrogen (secondary N) is 2. The van der Waals surface area contributed by atoms with Gasteiger partial charge in [0.1, 0.15) is 17.6 Å². The molecule has 35 heavy (non-hydrogen) atoms. The van der Waals surface area contributed by atoms with E-state index in [1.54, 1.807) is 31.2 Å². The van der Waals surface area contributed by atoms with Crippen LogP contribution in [0.3, 0.4) is 0 Å². The number of ether oxygens (including phenoxy) is 1. The molecule has 0 spiro atoms. The van der Waals surface area contributed by atoms with Crippen molar-refractivity contribution in [2.24, 2.45) is 5.92 Å². The Morgan fingerprint density at radius 2 is 1.94 bits per heavy atom. The molecule has 2 atom stereocenters. The molecule has 2 N–H and O–H groups in total. The topological polar surface area (TPSA) is 123 Å². The molecule has 2 aliphatic rings. The van der Waals surface area contributed by atoms with Gasteiger partial charge >= 0.3 is 0 Å². The van der Waals surface area contributed by atoms with E-state index in [1.165, 1.54) is 12.1 Å². The Balaban J connectivity index is 1.23. The Labute approximate surface area is 200 Å². The van der Waals surface area contributed by atoms with Gasteiger partial charge in [-0.15, -0.1) is 0 Å². The number of benzene rings is 2. The Bertz CT molecular complexity index is 1290. The fourth-order valence-corrected chi connectivity index (χ4v) is 3.86. The van der Waals surface area contributed by atoms with Gasteiger partial charge in [0.25, 0.3) is 11.8 Å². The minimum atomic E-state index is -0.769. The highest BCUT2D eigenvalue weighted by atomic mass is 19.1. The molecule has 2 aromatic carbocycles. The molecule has 2 amide bonds. The number of amides is 2. The molecule has 1 aliphatic carbocycles. The summed E-state index contributed by atoms with van der Waals surface area (Å²) >= 11 is 0. The van der Waals surface area contributed by atoms with Gasteiger partial charge < -0.3 is 19.9 Å². The van der Waals surface area contributed by atoms with Crippen molar-refractivity contribution in [1.82, 2.24) is 20.8 Å². The van der Waals surface area contributed by atoms with Crippen molar-refractivity contribution in [2.75, 3.05) is 6.54 Å². The SMILES string of the molecule is C[C@@H](Oc1ccc(C(=O)C2CC2)cc1)c1nc(-c2ccc(C(=O)N[C@H]3CCNC3=O)c(F)c2)no1. The molecular formula is C25H23FN4O5. The van der Waals surface area contributed by atoms with Gasteiger partial charge in [-0.2, -0.15) is 4.98 Å². The Morgan fingerprint density at radius 3 is 2.60 bits per heavy atom. The fraction of sp³-hybridized carbons (Fsp3) is 0.320. The number of halogens is 1. The first kappa shape index (κ1) is 22.7. The summed E-state index contributed by atoms with van der Waals surface area (Å²) in [5, 5.41) is 9.03. The van der Waals surface area contributed by atoms with Crippen LogP contribution in [0.4, 0.5) is 4.39 Å². The quantitative estimate of drug-likeness (QED) is 0.477. The van der Waals surface area contributed by atoms with Crippen LogP contribution >= 0.6 is 0 Å². The van der Waals surface area contributed by atoms with Crippen molar-refractivity contribution >= 4 is 17.6 Å². The second kappa shape index (κ2) is 9.28. The number of hydrogen-bond acceptors (Lipinski definition) is 7. The van der Waals surface area contributed by atoms with E-state index in [0.29, 0.717) is 29.8 Å². The fourth-order valence-electron chi connectivity index (χ4n) is 3.86. The van der Waals surface area contributed by atoms with E-state index < -0.39 is 23.9 Å². The van der Waals surface area contributed by atoms with E-state index in [-0.39, 0.29) is 34.9 Å². The number of Topliss-reactive ketones (excluding diaryl/α,β-unsaturated/α-hetero) is 1. The number of aromatic nitrogens is 2. The maximum Gasteiger partial charge on any atom is 0.267 e. The van der Waals surface area contributed by atoms with Crippen LogP contribution < -0.4 is 15.4 Å². The van der Waals surface area contributed by atoms with Crippen molar-refractivity contribution in [1.29, 1.82) is 0 Å². The largest absolute Gasteiger partial charge is 0.481 e. The van der Waals surface area contributed by atoms with Crippen LogP contribution in [0, 0.1) is 11.7 Å². The van der Waals surface area contributed by atoms with Gasteiger partial charge in [0.05, 0.1) is 5.56 Å². The summed E-state index contributed by atoms with van der Waals surface area (Å²) in [6.07, 6.45) is 1.77. The standard InChI is InChI=1S/C25H23FN4O5/c1-13(34-17-7-4-15(5-8-17)21(31)14-2-3-14)25-29-22(30-35-25)16-6-9-18(19(26)12-16)23(32)28-20-10-11-27-24(20)33/h4-9,12-14,20H,2-3,10-11H2,1H3,(H,27,33)(H,28,32)/t13-,20+/m1/s1. The Kier molecular flexibility index (Phi) is 6.02. The lowest BCUT2D eigenvalue weighted by atomic mass is 10.1. The minimum Gasteiger partial charge on any atom is -0.481 e. The lowest BCUT2D eigenvalue weighted by Gasteiger charge is -2.11. The lowest BCUT2D eigenvalue weighted by molar-refractivity contribution is -0.120. The summed E-state index contributed by atoms with van der Waals surface area (Å²) in [6, 6.07) is 10.2. The predicted molar refractivity (Wildman–Crippen MR) is 121 cm³/mol. The molecule has 2 heterocycles. The molecule has 0 unspecified atom stereocenters. The van der Waals surface area contributed by atoms with E-state index in [0.717, 1.165) is 18.9 Å². The van der Waals surface area contributed by atoms with E-state index in [2.05, 4.69) is 20.8 Å². The maximum absolute atomic E-state index is 14.7. The molecule has 180 valence electrons. The van der Waals surface area contributed by atoms with Gasteiger partial charge in [-0.25, -0.2) is 4.39 Å². The molecule has 1 saturated heterocycles. The first-order valence-corrected chi connectivity index (χ1v) is 11.4. The summed E-state index contributed by atoms with van der Waals surface area (Å²) in [5.41, 5.74) is 0.804. The van der Waals surface area contributed by atoms with Crippen LogP contribution in [-0.4, -0.2) is 40.3 Å². The number of ketones is 1. The number of carbonyl (C=O) groups excluding carboxylic acids is 3. The lowest BCUT2D eigenvalue weighted by Crippen LogP contribution is -2.40. The predicted octanol–water partition coefficient (Wildman–Crippen LogP) is 3.23. The van der Waals surface area contributed by atoms with Gasteiger partial charge in [-0.05, 0) is 62.6 Å². The summed E-state index contributed by atoms with van der Waals surface area (Å²) in [7, 11) is 0. The van der Waals surface area contributed by atoms with Crippen molar-refractivity contribution in [3.05, 3.63) is 65.3 Å². The van der Waals surface area contributed by atoms with E-state index in [1.807, 2.05) is 0 Å². The number of hydrogen-bond donors (Lipinski definition) is 2. The van der Waals surface area contributed by atoms with Crippen LogP contribution in [0.15, 0.2) is 47.0 Å². The third-order valence-corrected chi connectivity index (χ3v) is 6.02. The zero-order valence-electron chi connectivity index (χ0n) is 18.9. The van der Waals surface area contributed by atoms with Crippen molar-refractivity contribution < 1.29 is 28.0 Å². The van der Waals surface area contributed by atoms with E-state index in [9.17, 15) is 18.8 Å². The number of carbonyl (C=O) groups is 3. The summed E-state index contributed by atoms with van der Waals surface area (Å²) in [6.45, 7) is 2.20. The second-order valence-electron chi connectivity index (χ2n) is 8.68. The Hall–Kier alpha value is -4.08. The van der Waals surface area contributed by atoms with E-state index in [4.69, 9.17) is 9.26 Å². The van der Waals surface area contributed by atoms with Crippen LogP contribution in [0.5, 0.6) is 5.75 Å².